The first kappa shape index (κ1) is 11.6. The number of fused-ring (bicyclic) bond motifs is 1. The maximum atomic E-state index is 5.92. The van der Waals surface area contributed by atoms with Gasteiger partial charge in [0.05, 0.1) is 0 Å². The standard InChI is InChI=1S/C15H20N2O/c1-11(2)14-9-12-3-4-13(10-15(12)18-14)17-7-5-16-6-8-17/h3-4,9-11,16H,5-8H2,1-2H3. The Morgan fingerprint density at radius 1 is 1.17 bits per heavy atom. The Hall–Kier alpha value is -1.48. The van der Waals surface area contributed by atoms with Crippen molar-refractivity contribution in [2.75, 3.05) is 31.1 Å². The largest absolute Gasteiger partial charge is 0.461 e. The van der Waals surface area contributed by atoms with Gasteiger partial charge in [0.1, 0.15) is 11.3 Å². The summed E-state index contributed by atoms with van der Waals surface area (Å²) in [5.41, 5.74) is 2.28. The highest BCUT2D eigenvalue weighted by Gasteiger charge is 2.13. The van der Waals surface area contributed by atoms with Gasteiger partial charge in [-0.15, -0.1) is 0 Å². The third-order valence-corrected chi connectivity index (χ3v) is 3.57. The van der Waals surface area contributed by atoms with Crippen LogP contribution >= 0.6 is 0 Å². The molecule has 3 rings (SSSR count). The molecular weight excluding hydrogens is 224 g/mol. The molecule has 1 fully saturated rings. The van der Waals surface area contributed by atoms with E-state index in [1.807, 2.05) is 0 Å². The van der Waals surface area contributed by atoms with Crippen LogP contribution in [0.15, 0.2) is 28.7 Å². The van der Waals surface area contributed by atoms with E-state index in [0.717, 1.165) is 37.5 Å². The average molecular weight is 244 g/mol. The van der Waals surface area contributed by atoms with Crippen LogP contribution in [0, 0.1) is 0 Å². The zero-order valence-electron chi connectivity index (χ0n) is 11.1. The van der Waals surface area contributed by atoms with Crippen LogP contribution in [0.25, 0.3) is 11.0 Å². The van der Waals surface area contributed by atoms with Gasteiger partial charge in [-0.25, -0.2) is 0 Å². The maximum absolute atomic E-state index is 5.92. The minimum atomic E-state index is 0.444. The van der Waals surface area contributed by atoms with Crippen LogP contribution in [0.5, 0.6) is 0 Å². The molecular formula is C15H20N2O. The Morgan fingerprint density at radius 3 is 2.67 bits per heavy atom. The predicted octanol–water partition coefficient (Wildman–Crippen LogP) is 2.97. The molecule has 0 unspecified atom stereocenters. The number of furan rings is 1. The third-order valence-electron chi connectivity index (χ3n) is 3.57. The van der Waals surface area contributed by atoms with Crippen LogP contribution in [-0.2, 0) is 0 Å². The van der Waals surface area contributed by atoms with Gasteiger partial charge < -0.3 is 14.6 Å². The monoisotopic (exact) mass is 244 g/mol. The van der Waals surface area contributed by atoms with E-state index < -0.39 is 0 Å². The van der Waals surface area contributed by atoms with Crippen LogP contribution in [-0.4, -0.2) is 26.2 Å². The van der Waals surface area contributed by atoms with E-state index in [4.69, 9.17) is 4.42 Å². The van der Waals surface area contributed by atoms with E-state index >= 15 is 0 Å². The molecule has 1 aromatic carbocycles. The van der Waals surface area contributed by atoms with E-state index in [0.29, 0.717) is 5.92 Å². The van der Waals surface area contributed by atoms with E-state index in [9.17, 15) is 0 Å². The fraction of sp³-hybridized carbons (Fsp3) is 0.467. The summed E-state index contributed by atoms with van der Waals surface area (Å²) in [6.45, 7) is 8.59. The maximum Gasteiger partial charge on any atom is 0.136 e. The van der Waals surface area contributed by atoms with Crippen molar-refractivity contribution in [3.8, 4) is 0 Å². The molecule has 3 nitrogen and oxygen atoms in total. The molecule has 0 aliphatic carbocycles. The predicted molar refractivity (Wildman–Crippen MR) is 75.4 cm³/mol. The van der Waals surface area contributed by atoms with Gasteiger partial charge in [-0.05, 0) is 18.2 Å². The number of benzene rings is 1. The van der Waals surface area contributed by atoms with E-state index in [-0.39, 0.29) is 0 Å². The summed E-state index contributed by atoms with van der Waals surface area (Å²) in [7, 11) is 0. The molecule has 18 heavy (non-hydrogen) atoms. The number of nitrogens with zero attached hydrogens (tertiary/aromatic N) is 1. The molecule has 0 spiro atoms. The van der Waals surface area contributed by atoms with Crippen molar-refractivity contribution in [3.05, 3.63) is 30.0 Å². The molecule has 0 amide bonds. The summed E-state index contributed by atoms with van der Waals surface area (Å²) in [6.07, 6.45) is 0. The van der Waals surface area contributed by atoms with Gasteiger partial charge in [-0.2, -0.15) is 0 Å². The summed E-state index contributed by atoms with van der Waals surface area (Å²) in [4.78, 5) is 2.41. The number of anilines is 1. The Bertz CT molecular complexity index is 538. The van der Waals surface area contributed by atoms with Gasteiger partial charge in [0.2, 0.25) is 0 Å². The van der Waals surface area contributed by atoms with Crippen molar-refractivity contribution in [2.24, 2.45) is 0 Å². The molecule has 1 aliphatic rings. The Morgan fingerprint density at radius 2 is 1.94 bits per heavy atom. The number of piperazine rings is 1. The van der Waals surface area contributed by atoms with E-state index in [1.54, 1.807) is 0 Å². The molecule has 2 aromatic rings. The third kappa shape index (κ3) is 2.10. The Kier molecular flexibility index (Phi) is 3.00. The smallest absolute Gasteiger partial charge is 0.136 e. The van der Waals surface area contributed by atoms with Gasteiger partial charge in [0.25, 0.3) is 0 Å². The second kappa shape index (κ2) is 4.65. The molecule has 1 aromatic heterocycles. The summed E-state index contributed by atoms with van der Waals surface area (Å²) in [6, 6.07) is 8.70. The van der Waals surface area contributed by atoms with Crippen LogP contribution < -0.4 is 10.2 Å². The fourth-order valence-corrected chi connectivity index (χ4v) is 2.44. The lowest BCUT2D eigenvalue weighted by atomic mass is 10.1. The van der Waals surface area contributed by atoms with Gasteiger partial charge >= 0.3 is 0 Å². The van der Waals surface area contributed by atoms with Crippen molar-refractivity contribution in [2.45, 2.75) is 19.8 Å². The molecule has 0 saturated carbocycles. The molecule has 2 heterocycles. The number of hydrogen-bond donors (Lipinski definition) is 1. The fourth-order valence-electron chi connectivity index (χ4n) is 2.44. The quantitative estimate of drug-likeness (QED) is 0.880. The Balaban J connectivity index is 1.94. The van der Waals surface area contributed by atoms with E-state index in [2.05, 4.69) is 48.3 Å². The first-order chi connectivity index (χ1) is 8.74. The molecule has 0 atom stereocenters. The first-order valence-corrected chi connectivity index (χ1v) is 6.73. The van der Waals surface area contributed by atoms with Crippen LogP contribution in [0.2, 0.25) is 0 Å². The van der Waals surface area contributed by atoms with Crippen molar-refractivity contribution in [1.29, 1.82) is 0 Å². The van der Waals surface area contributed by atoms with Crippen molar-refractivity contribution < 1.29 is 4.42 Å². The molecule has 3 heteroatoms. The lowest BCUT2D eigenvalue weighted by Crippen LogP contribution is -2.43. The van der Waals surface area contributed by atoms with E-state index in [1.165, 1.54) is 11.1 Å². The second-order valence-corrected chi connectivity index (χ2v) is 5.26. The van der Waals surface area contributed by atoms with Gasteiger partial charge in [0.15, 0.2) is 0 Å². The minimum Gasteiger partial charge on any atom is -0.461 e. The molecule has 96 valence electrons. The minimum absolute atomic E-state index is 0.444. The zero-order chi connectivity index (χ0) is 12.5. The number of hydrogen-bond acceptors (Lipinski definition) is 3. The van der Waals surface area contributed by atoms with Crippen LogP contribution in [0.1, 0.15) is 25.5 Å². The highest BCUT2D eigenvalue weighted by atomic mass is 16.3. The lowest BCUT2D eigenvalue weighted by Gasteiger charge is -2.29. The SMILES string of the molecule is CC(C)c1cc2ccc(N3CCNCC3)cc2o1. The van der Waals surface area contributed by atoms with Crippen LogP contribution in [0.3, 0.4) is 0 Å². The van der Waals surface area contributed by atoms with Gasteiger partial charge in [0, 0.05) is 49.2 Å². The van der Waals surface area contributed by atoms with Crippen molar-refractivity contribution >= 4 is 16.7 Å². The highest BCUT2D eigenvalue weighted by Crippen LogP contribution is 2.28. The summed E-state index contributed by atoms with van der Waals surface area (Å²) in [5.74, 6) is 1.52. The van der Waals surface area contributed by atoms with Crippen molar-refractivity contribution in [3.63, 3.8) is 0 Å². The summed E-state index contributed by atoms with van der Waals surface area (Å²) in [5, 5.41) is 4.58. The van der Waals surface area contributed by atoms with Crippen LogP contribution in [0.4, 0.5) is 5.69 Å². The number of rotatable bonds is 2. The molecule has 1 aliphatic heterocycles. The zero-order valence-corrected chi connectivity index (χ0v) is 11.1. The molecule has 0 bridgehead atoms. The normalized spacial score (nSPS) is 16.7. The summed E-state index contributed by atoms with van der Waals surface area (Å²) >= 11 is 0. The topological polar surface area (TPSA) is 28.4 Å². The highest BCUT2D eigenvalue weighted by molar-refractivity contribution is 5.82. The number of nitrogens with one attached hydrogen (secondary N) is 1. The first-order valence-electron chi connectivity index (χ1n) is 6.73. The average Bonchev–Trinajstić information content (AvgIpc) is 2.82. The molecule has 0 radical (unpaired) electrons. The van der Waals surface area contributed by atoms with Gasteiger partial charge in [-0.1, -0.05) is 13.8 Å². The summed E-state index contributed by atoms with van der Waals surface area (Å²) < 4.78 is 5.92. The molecule has 1 saturated heterocycles. The second-order valence-electron chi connectivity index (χ2n) is 5.26. The van der Waals surface area contributed by atoms with Gasteiger partial charge in [-0.3, -0.25) is 0 Å². The van der Waals surface area contributed by atoms with Crippen molar-refractivity contribution in [1.82, 2.24) is 5.32 Å². The Labute approximate surface area is 108 Å². The lowest BCUT2D eigenvalue weighted by molar-refractivity contribution is 0.521. The molecule has 1 N–H and O–H groups in total.